The number of aromatic nitrogens is 1. The number of methoxy groups -OCH3 is 1. The number of hydrogen-bond donors (Lipinski definition) is 1. The molecule has 3 aromatic rings. The maximum atomic E-state index is 13.9. The first-order valence-electron chi connectivity index (χ1n) is 11.4. The van der Waals surface area contributed by atoms with Crippen LogP contribution in [0.2, 0.25) is 0 Å². The summed E-state index contributed by atoms with van der Waals surface area (Å²) >= 11 is 3.52. The molecule has 0 aliphatic carbocycles. The number of benzene rings is 2. The SMILES string of the molecule is COc1ccc2[nH]cc(C3CCN(C(=O)C4(c5ccc(Br)cc5)CCOCC4)CC3)c2c1. The van der Waals surface area contributed by atoms with Crippen LogP contribution >= 0.6 is 15.9 Å². The maximum absolute atomic E-state index is 13.9. The molecule has 5 nitrogen and oxygen atoms in total. The van der Waals surface area contributed by atoms with Crippen molar-refractivity contribution < 1.29 is 14.3 Å². The van der Waals surface area contributed by atoms with Crippen molar-refractivity contribution in [2.45, 2.75) is 37.0 Å². The molecule has 3 heterocycles. The van der Waals surface area contributed by atoms with Gasteiger partial charge in [0.2, 0.25) is 5.91 Å². The molecule has 0 spiro atoms. The lowest BCUT2D eigenvalue weighted by Crippen LogP contribution is -2.51. The number of likely N-dealkylation sites (tertiary alicyclic amines) is 1. The van der Waals surface area contributed by atoms with Gasteiger partial charge in [0.1, 0.15) is 5.75 Å². The smallest absolute Gasteiger partial charge is 0.233 e. The van der Waals surface area contributed by atoms with Gasteiger partial charge in [0.05, 0.1) is 12.5 Å². The number of ether oxygens (including phenoxy) is 2. The highest BCUT2D eigenvalue weighted by Gasteiger charge is 2.44. The number of aromatic amines is 1. The molecule has 5 rings (SSSR count). The molecule has 2 aromatic carbocycles. The van der Waals surface area contributed by atoms with Crippen molar-refractivity contribution in [1.29, 1.82) is 0 Å². The Morgan fingerprint density at radius 1 is 1.12 bits per heavy atom. The van der Waals surface area contributed by atoms with Crippen LogP contribution in [0.4, 0.5) is 0 Å². The number of H-pyrrole nitrogens is 1. The molecule has 0 bridgehead atoms. The Labute approximate surface area is 197 Å². The van der Waals surface area contributed by atoms with Gasteiger partial charge in [-0.15, -0.1) is 0 Å². The molecular weight excluding hydrogens is 468 g/mol. The summed E-state index contributed by atoms with van der Waals surface area (Å²) in [5, 5.41) is 1.23. The van der Waals surface area contributed by atoms with E-state index in [-0.39, 0.29) is 5.91 Å². The zero-order valence-electron chi connectivity index (χ0n) is 18.4. The molecule has 0 saturated carbocycles. The molecule has 2 fully saturated rings. The maximum Gasteiger partial charge on any atom is 0.233 e. The fraction of sp³-hybridized carbons (Fsp3) is 0.423. The Bertz CT molecular complexity index is 1090. The fourth-order valence-corrected chi connectivity index (χ4v) is 5.66. The van der Waals surface area contributed by atoms with Crippen LogP contribution < -0.4 is 4.74 Å². The standard InChI is InChI=1S/C26H29BrN2O3/c1-31-21-6-7-24-22(16-21)23(17-28-24)18-8-12-29(13-9-18)25(30)26(10-14-32-15-11-26)19-2-4-20(27)5-3-19/h2-7,16-18,28H,8-15H2,1H3. The number of halogens is 1. The number of rotatable bonds is 4. The first kappa shape index (κ1) is 21.5. The highest BCUT2D eigenvalue weighted by molar-refractivity contribution is 9.10. The van der Waals surface area contributed by atoms with Crippen molar-refractivity contribution in [2.24, 2.45) is 0 Å². The Hall–Kier alpha value is -2.31. The van der Waals surface area contributed by atoms with Crippen molar-refractivity contribution >= 4 is 32.7 Å². The first-order valence-corrected chi connectivity index (χ1v) is 12.2. The summed E-state index contributed by atoms with van der Waals surface area (Å²) in [4.78, 5) is 19.4. The average Bonchev–Trinajstić information content (AvgIpc) is 3.27. The third kappa shape index (κ3) is 3.84. The van der Waals surface area contributed by atoms with Gasteiger partial charge in [0.25, 0.3) is 0 Å². The zero-order valence-corrected chi connectivity index (χ0v) is 20.0. The van der Waals surface area contributed by atoms with E-state index in [0.717, 1.165) is 60.1 Å². The van der Waals surface area contributed by atoms with Crippen LogP contribution in [-0.2, 0) is 14.9 Å². The van der Waals surface area contributed by atoms with Crippen molar-refractivity contribution in [2.75, 3.05) is 33.4 Å². The lowest BCUT2D eigenvalue weighted by molar-refractivity contribution is -0.142. The summed E-state index contributed by atoms with van der Waals surface area (Å²) in [6, 6.07) is 14.4. The summed E-state index contributed by atoms with van der Waals surface area (Å²) in [5.74, 6) is 1.59. The van der Waals surface area contributed by atoms with Crippen LogP contribution in [0, 0.1) is 0 Å². The van der Waals surface area contributed by atoms with Gasteiger partial charge >= 0.3 is 0 Å². The molecule has 6 heteroatoms. The van der Waals surface area contributed by atoms with E-state index in [0.29, 0.717) is 19.1 Å². The third-order valence-corrected chi connectivity index (χ3v) is 7.82. The summed E-state index contributed by atoms with van der Waals surface area (Å²) in [7, 11) is 1.70. The van der Waals surface area contributed by atoms with E-state index in [1.165, 1.54) is 10.9 Å². The Morgan fingerprint density at radius 2 is 1.84 bits per heavy atom. The second kappa shape index (κ2) is 8.91. The van der Waals surface area contributed by atoms with Gasteiger partial charge in [-0.3, -0.25) is 4.79 Å². The number of fused-ring (bicyclic) bond motifs is 1. The number of hydrogen-bond acceptors (Lipinski definition) is 3. The highest BCUT2D eigenvalue weighted by atomic mass is 79.9. The normalized spacial score (nSPS) is 19.2. The Morgan fingerprint density at radius 3 is 2.53 bits per heavy atom. The summed E-state index contributed by atoms with van der Waals surface area (Å²) < 4.78 is 12.1. The fourth-order valence-electron chi connectivity index (χ4n) is 5.40. The van der Waals surface area contributed by atoms with Gasteiger partial charge in [-0.25, -0.2) is 0 Å². The van der Waals surface area contributed by atoms with E-state index >= 15 is 0 Å². The van der Waals surface area contributed by atoms with Crippen LogP contribution in [0.25, 0.3) is 10.9 Å². The minimum atomic E-state index is -0.472. The molecule has 2 saturated heterocycles. The quantitative estimate of drug-likeness (QED) is 0.526. The van der Waals surface area contributed by atoms with Gasteiger partial charge < -0.3 is 19.4 Å². The van der Waals surface area contributed by atoms with E-state index in [2.05, 4.69) is 56.3 Å². The van der Waals surface area contributed by atoms with Gasteiger partial charge in [0.15, 0.2) is 0 Å². The van der Waals surface area contributed by atoms with Crippen LogP contribution in [0.5, 0.6) is 5.75 Å². The van der Waals surface area contributed by atoms with Crippen LogP contribution in [0.15, 0.2) is 53.1 Å². The van der Waals surface area contributed by atoms with Gasteiger partial charge in [0, 0.05) is 47.9 Å². The van der Waals surface area contributed by atoms with E-state index in [1.54, 1.807) is 7.11 Å². The molecule has 1 N–H and O–H groups in total. The summed E-state index contributed by atoms with van der Waals surface area (Å²) in [6.45, 7) is 2.85. The zero-order chi connectivity index (χ0) is 22.1. The van der Waals surface area contributed by atoms with Crippen molar-refractivity contribution in [3.8, 4) is 5.75 Å². The summed E-state index contributed by atoms with van der Waals surface area (Å²) in [5.41, 5.74) is 3.11. The predicted molar refractivity (Wildman–Crippen MR) is 129 cm³/mol. The molecule has 1 amide bonds. The highest BCUT2D eigenvalue weighted by Crippen LogP contribution is 2.40. The van der Waals surface area contributed by atoms with Crippen LogP contribution in [-0.4, -0.2) is 49.2 Å². The molecule has 0 atom stereocenters. The van der Waals surface area contributed by atoms with E-state index in [1.807, 2.05) is 18.2 Å². The van der Waals surface area contributed by atoms with E-state index in [4.69, 9.17) is 9.47 Å². The third-order valence-electron chi connectivity index (χ3n) is 7.30. The lowest BCUT2D eigenvalue weighted by atomic mass is 9.72. The van der Waals surface area contributed by atoms with Crippen LogP contribution in [0.1, 0.15) is 42.7 Å². The van der Waals surface area contributed by atoms with Gasteiger partial charge in [-0.1, -0.05) is 28.1 Å². The number of carbonyl (C=O) groups excluding carboxylic acids is 1. The number of nitrogens with zero attached hydrogens (tertiary/aromatic N) is 1. The molecule has 0 unspecified atom stereocenters. The molecule has 0 radical (unpaired) electrons. The second-order valence-corrected chi connectivity index (χ2v) is 9.84. The van der Waals surface area contributed by atoms with Crippen molar-refractivity contribution in [3.05, 3.63) is 64.3 Å². The van der Waals surface area contributed by atoms with E-state index < -0.39 is 5.41 Å². The average molecular weight is 497 g/mol. The number of amides is 1. The molecule has 32 heavy (non-hydrogen) atoms. The number of carbonyl (C=O) groups is 1. The van der Waals surface area contributed by atoms with Crippen molar-refractivity contribution in [3.63, 3.8) is 0 Å². The molecule has 2 aliphatic heterocycles. The molecule has 1 aromatic heterocycles. The van der Waals surface area contributed by atoms with E-state index in [9.17, 15) is 4.79 Å². The van der Waals surface area contributed by atoms with Crippen molar-refractivity contribution in [1.82, 2.24) is 9.88 Å². The Balaban J connectivity index is 1.35. The summed E-state index contributed by atoms with van der Waals surface area (Å²) in [6.07, 6.45) is 5.57. The van der Waals surface area contributed by atoms with Gasteiger partial charge in [-0.05, 0) is 73.1 Å². The second-order valence-electron chi connectivity index (χ2n) is 8.92. The number of piperidine rings is 1. The Kier molecular flexibility index (Phi) is 5.99. The monoisotopic (exact) mass is 496 g/mol. The predicted octanol–water partition coefficient (Wildman–Crippen LogP) is 5.39. The minimum Gasteiger partial charge on any atom is -0.497 e. The first-order chi connectivity index (χ1) is 15.6. The molecule has 2 aliphatic rings. The molecular formula is C26H29BrN2O3. The van der Waals surface area contributed by atoms with Gasteiger partial charge in [-0.2, -0.15) is 0 Å². The lowest BCUT2D eigenvalue weighted by Gasteiger charge is -2.42. The van der Waals surface area contributed by atoms with Crippen LogP contribution in [0.3, 0.4) is 0 Å². The largest absolute Gasteiger partial charge is 0.497 e. The number of nitrogens with one attached hydrogen (secondary N) is 1. The molecule has 168 valence electrons. The minimum absolute atomic E-state index is 0.266. The topological polar surface area (TPSA) is 54.6 Å².